The molecule has 0 fully saturated rings. The number of anilines is 1. The van der Waals surface area contributed by atoms with Crippen LogP contribution in [0.4, 0.5) is 5.69 Å². The molecule has 29 heavy (non-hydrogen) atoms. The summed E-state index contributed by atoms with van der Waals surface area (Å²) in [5.41, 5.74) is 2.35. The number of hydrogen-bond donors (Lipinski definition) is 1. The molecule has 2 aromatic rings. The average molecular weight is 418 g/mol. The van der Waals surface area contributed by atoms with Crippen molar-refractivity contribution >= 4 is 35.2 Å². The van der Waals surface area contributed by atoms with Gasteiger partial charge in [0.2, 0.25) is 0 Å². The van der Waals surface area contributed by atoms with E-state index in [2.05, 4.69) is 5.32 Å². The maximum absolute atomic E-state index is 12.2. The smallest absolute Gasteiger partial charge is 0.331 e. The van der Waals surface area contributed by atoms with E-state index in [4.69, 9.17) is 25.8 Å². The van der Waals surface area contributed by atoms with E-state index in [9.17, 15) is 9.59 Å². The highest BCUT2D eigenvalue weighted by Crippen LogP contribution is 2.36. The molecule has 0 saturated carbocycles. The van der Waals surface area contributed by atoms with Crippen LogP contribution in [0, 0.1) is 6.92 Å². The van der Waals surface area contributed by atoms with Crippen molar-refractivity contribution in [1.82, 2.24) is 0 Å². The van der Waals surface area contributed by atoms with Gasteiger partial charge < -0.3 is 19.5 Å². The van der Waals surface area contributed by atoms with E-state index in [0.717, 1.165) is 5.56 Å². The largest absolute Gasteiger partial charge is 0.493 e. The number of ether oxygens (including phenoxy) is 3. The lowest BCUT2D eigenvalue weighted by Gasteiger charge is -2.13. The summed E-state index contributed by atoms with van der Waals surface area (Å²) in [5, 5.41) is 3.07. The molecule has 0 radical (unpaired) electrons. The van der Waals surface area contributed by atoms with Crippen LogP contribution in [-0.4, -0.2) is 31.7 Å². The van der Waals surface area contributed by atoms with Crippen molar-refractivity contribution in [3.63, 3.8) is 0 Å². The molecular formula is C22H24ClNO5. The predicted octanol–water partition coefficient (Wildman–Crippen LogP) is 4.64. The molecule has 0 bridgehead atoms. The minimum Gasteiger partial charge on any atom is -0.493 e. The Morgan fingerprint density at radius 2 is 1.90 bits per heavy atom. The van der Waals surface area contributed by atoms with Gasteiger partial charge >= 0.3 is 5.97 Å². The van der Waals surface area contributed by atoms with Crippen LogP contribution in [-0.2, 0) is 14.3 Å². The molecule has 154 valence electrons. The first-order chi connectivity index (χ1) is 13.8. The second-order valence-corrected chi connectivity index (χ2v) is 6.64. The standard InChI is InChI=1S/C22H24ClNO5/c1-5-28-21-18(23)12-16(13-19(21)27-4)8-11-20(25)29-15(3)22(26)24-17-9-6-14(2)7-10-17/h6-13,15H,5H2,1-4H3,(H,24,26)/b11-8+/t15-/m1/s1. The van der Waals surface area contributed by atoms with Gasteiger partial charge in [0.25, 0.3) is 5.91 Å². The van der Waals surface area contributed by atoms with Crippen molar-refractivity contribution in [3.05, 3.63) is 58.6 Å². The second kappa shape index (κ2) is 10.5. The Balaban J connectivity index is 1.98. The van der Waals surface area contributed by atoms with Crippen molar-refractivity contribution in [3.8, 4) is 11.5 Å². The molecule has 1 amide bonds. The summed E-state index contributed by atoms with van der Waals surface area (Å²) < 4.78 is 15.9. The van der Waals surface area contributed by atoms with E-state index in [1.54, 1.807) is 24.3 Å². The molecular weight excluding hydrogens is 394 g/mol. The number of aryl methyl sites for hydroxylation is 1. The topological polar surface area (TPSA) is 73.9 Å². The van der Waals surface area contributed by atoms with E-state index < -0.39 is 18.0 Å². The van der Waals surface area contributed by atoms with Gasteiger partial charge in [-0.15, -0.1) is 0 Å². The molecule has 6 nitrogen and oxygen atoms in total. The van der Waals surface area contributed by atoms with Crippen molar-refractivity contribution in [1.29, 1.82) is 0 Å². The predicted molar refractivity (Wildman–Crippen MR) is 114 cm³/mol. The average Bonchev–Trinajstić information content (AvgIpc) is 2.69. The summed E-state index contributed by atoms with van der Waals surface area (Å²) in [5.74, 6) is -0.169. The third-order valence-corrected chi connectivity index (χ3v) is 4.21. The van der Waals surface area contributed by atoms with E-state index >= 15 is 0 Å². The van der Waals surface area contributed by atoms with Crippen molar-refractivity contribution in [2.24, 2.45) is 0 Å². The molecule has 0 aromatic heterocycles. The van der Waals surface area contributed by atoms with Crippen molar-refractivity contribution in [2.75, 3.05) is 19.0 Å². The molecule has 0 unspecified atom stereocenters. The molecule has 0 spiro atoms. The first-order valence-corrected chi connectivity index (χ1v) is 9.48. The normalized spacial score (nSPS) is 11.8. The molecule has 0 saturated heterocycles. The van der Waals surface area contributed by atoms with Gasteiger partial charge in [-0.05, 0) is 56.7 Å². The number of hydrogen-bond acceptors (Lipinski definition) is 5. The number of esters is 1. The van der Waals surface area contributed by atoms with Crippen LogP contribution in [0.15, 0.2) is 42.5 Å². The Labute approximate surface area is 175 Å². The zero-order chi connectivity index (χ0) is 21.4. The van der Waals surface area contributed by atoms with E-state index in [-0.39, 0.29) is 0 Å². The SMILES string of the molecule is CCOc1c(Cl)cc(/C=C/C(=O)O[C@H](C)C(=O)Nc2ccc(C)cc2)cc1OC. The lowest BCUT2D eigenvalue weighted by Crippen LogP contribution is -2.29. The first kappa shape index (κ1) is 22.3. The Bertz CT molecular complexity index is 893. The van der Waals surface area contributed by atoms with Crippen molar-refractivity contribution < 1.29 is 23.8 Å². The Morgan fingerprint density at radius 1 is 1.21 bits per heavy atom. The maximum Gasteiger partial charge on any atom is 0.331 e. The Hall–Kier alpha value is -2.99. The number of carbonyl (C=O) groups excluding carboxylic acids is 2. The summed E-state index contributed by atoms with van der Waals surface area (Å²) in [6, 6.07) is 10.7. The summed E-state index contributed by atoms with van der Waals surface area (Å²) in [4.78, 5) is 24.2. The molecule has 0 aliphatic rings. The molecule has 1 atom stereocenters. The summed E-state index contributed by atoms with van der Waals surface area (Å²) >= 11 is 6.21. The number of carbonyl (C=O) groups is 2. The Morgan fingerprint density at radius 3 is 2.52 bits per heavy atom. The van der Waals surface area contributed by atoms with E-state index in [1.807, 2.05) is 26.0 Å². The fourth-order valence-corrected chi connectivity index (χ4v) is 2.71. The number of methoxy groups -OCH3 is 1. The van der Waals surface area contributed by atoms with Crippen LogP contribution >= 0.6 is 11.6 Å². The van der Waals surface area contributed by atoms with Gasteiger partial charge in [-0.1, -0.05) is 29.3 Å². The second-order valence-electron chi connectivity index (χ2n) is 6.23. The zero-order valence-electron chi connectivity index (χ0n) is 16.8. The van der Waals surface area contributed by atoms with Gasteiger partial charge in [-0.25, -0.2) is 4.79 Å². The summed E-state index contributed by atoms with van der Waals surface area (Å²) in [6.45, 7) is 5.75. The molecule has 0 aliphatic carbocycles. The lowest BCUT2D eigenvalue weighted by molar-refractivity contribution is -0.148. The van der Waals surface area contributed by atoms with Crippen LogP contribution in [0.1, 0.15) is 25.0 Å². The molecule has 2 rings (SSSR count). The van der Waals surface area contributed by atoms with Crippen LogP contribution in [0.3, 0.4) is 0 Å². The minimum atomic E-state index is -0.952. The summed E-state index contributed by atoms with van der Waals surface area (Å²) in [7, 11) is 1.50. The highest BCUT2D eigenvalue weighted by atomic mass is 35.5. The van der Waals surface area contributed by atoms with Crippen LogP contribution in [0.25, 0.3) is 6.08 Å². The van der Waals surface area contributed by atoms with Gasteiger partial charge in [-0.3, -0.25) is 4.79 Å². The quantitative estimate of drug-likeness (QED) is 0.500. The number of amides is 1. The van der Waals surface area contributed by atoms with Gasteiger partial charge in [0.1, 0.15) is 0 Å². The van der Waals surface area contributed by atoms with Gasteiger partial charge in [-0.2, -0.15) is 0 Å². The third-order valence-electron chi connectivity index (χ3n) is 3.93. The number of benzene rings is 2. The maximum atomic E-state index is 12.2. The molecule has 0 heterocycles. The fourth-order valence-electron chi connectivity index (χ4n) is 2.43. The lowest BCUT2D eigenvalue weighted by atomic mass is 10.2. The van der Waals surface area contributed by atoms with Crippen LogP contribution in [0.2, 0.25) is 5.02 Å². The third kappa shape index (κ3) is 6.54. The van der Waals surface area contributed by atoms with Crippen LogP contribution < -0.4 is 14.8 Å². The molecule has 7 heteroatoms. The highest BCUT2D eigenvalue weighted by molar-refractivity contribution is 6.32. The van der Waals surface area contributed by atoms with Crippen LogP contribution in [0.5, 0.6) is 11.5 Å². The van der Waals surface area contributed by atoms with Crippen molar-refractivity contribution in [2.45, 2.75) is 26.9 Å². The highest BCUT2D eigenvalue weighted by Gasteiger charge is 2.17. The number of rotatable bonds is 8. The number of nitrogens with one attached hydrogen (secondary N) is 1. The zero-order valence-corrected chi connectivity index (χ0v) is 17.6. The van der Waals surface area contributed by atoms with Gasteiger partial charge in [0.15, 0.2) is 17.6 Å². The number of halogens is 1. The first-order valence-electron chi connectivity index (χ1n) is 9.10. The van der Waals surface area contributed by atoms with Gasteiger partial charge in [0.05, 0.1) is 18.7 Å². The minimum absolute atomic E-state index is 0.366. The molecule has 1 N–H and O–H groups in total. The molecule has 2 aromatic carbocycles. The van der Waals surface area contributed by atoms with E-state index in [0.29, 0.717) is 34.4 Å². The fraction of sp³-hybridized carbons (Fsp3) is 0.273. The monoisotopic (exact) mass is 417 g/mol. The summed E-state index contributed by atoms with van der Waals surface area (Å²) in [6.07, 6.45) is 1.80. The molecule has 0 aliphatic heterocycles. The van der Waals surface area contributed by atoms with Gasteiger partial charge in [0, 0.05) is 11.8 Å². The Kier molecular flexibility index (Phi) is 8.09. The van der Waals surface area contributed by atoms with E-state index in [1.165, 1.54) is 26.2 Å².